The lowest BCUT2D eigenvalue weighted by Gasteiger charge is -2.14. The van der Waals surface area contributed by atoms with E-state index >= 15 is 0 Å². The third kappa shape index (κ3) is 2.16. The largest absolute Gasteiger partial charge is 0.295 e. The second-order valence-corrected chi connectivity index (χ2v) is 3.82. The second kappa shape index (κ2) is 4.05. The van der Waals surface area contributed by atoms with Gasteiger partial charge in [0, 0.05) is 16.5 Å². The van der Waals surface area contributed by atoms with Crippen molar-refractivity contribution >= 4 is 21.7 Å². The number of carbonyl (C=O) groups is 1. The summed E-state index contributed by atoms with van der Waals surface area (Å²) < 4.78 is 1.15. The highest BCUT2D eigenvalue weighted by Gasteiger charge is 2.15. The Kier molecular flexibility index (Phi) is 3.31. The second-order valence-electron chi connectivity index (χ2n) is 2.87. The average Bonchev–Trinajstić information content (AvgIpc) is 2.04. The summed E-state index contributed by atoms with van der Waals surface area (Å²) in [7, 11) is 0. The first-order valence-corrected chi connectivity index (χ1v) is 4.95. The Hall–Kier alpha value is -0.110. The molecule has 0 aliphatic heterocycles. The average molecular weight is 217 g/mol. The van der Waals surface area contributed by atoms with Crippen molar-refractivity contribution in [3.63, 3.8) is 0 Å². The molecule has 0 heterocycles. The first kappa shape index (κ1) is 8.98. The molecule has 1 rings (SSSR count). The zero-order chi connectivity index (χ0) is 8.27. The number of hydrogen-bond acceptors (Lipinski definition) is 1. The normalized spacial score (nSPS) is 18.7. The van der Waals surface area contributed by atoms with Gasteiger partial charge in [0.15, 0.2) is 5.78 Å². The maximum atomic E-state index is 11.3. The molecule has 1 nitrogen and oxygen atoms in total. The van der Waals surface area contributed by atoms with E-state index in [2.05, 4.69) is 15.9 Å². The Morgan fingerprint density at radius 1 is 1.45 bits per heavy atom. The molecule has 0 bridgehead atoms. The number of hydrogen-bond donors (Lipinski definition) is 0. The van der Waals surface area contributed by atoms with E-state index in [9.17, 15) is 4.79 Å². The molecule has 1 aliphatic carbocycles. The van der Waals surface area contributed by atoms with Crippen LogP contribution in [-0.2, 0) is 4.79 Å². The van der Waals surface area contributed by atoms with Gasteiger partial charge in [-0.05, 0) is 25.7 Å². The van der Waals surface area contributed by atoms with E-state index in [1.165, 1.54) is 12.8 Å². The quantitative estimate of drug-likeness (QED) is 0.694. The molecule has 2 heteroatoms. The lowest BCUT2D eigenvalue weighted by atomic mass is 9.95. The molecule has 0 saturated carbocycles. The van der Waals surface area contributed by atoms with Gasteiger partial charge in [0.2, 0.25) is 0 Å². The molecular formula is C9H13BrO. The number of allylic oxidation sites excluding steroid dienone is 2. The number of rotatable bonds is 2. The van der Waals surface area contributed by atoms with Crippen molar-refractivity contribution in [1.29, 1.82) is 0 Å². The topological polar surface area (TPSA) is 17.1 Å². The summed E-state index contributed by atoms with van der Waals surface area (Å²) in [4.78, 5) is 11.3. The van der Waals surface area contributed by atoms with Crippen LogP contribution < -0.4 is 0 Å². The third-order valence-electron chi connectivity index (χ3n) is 2.06. The molecule has 0 amide bonds. The summed E-state index contributed by atoms with van der Waals surface area (Å²) in [6, 6.07) is 0. The van der Waals surface area contributed by atoms with E-state index in [1.807, 2.05) is 6.92 Å². The van der Waals surface area contributed by atoms with E-state index < -0.39 is 0 Å². The smallest absolute Gasteiger partial charge is 0.159 e. The van der Waals surface area contributed by atoms with Gasteiger partial charge in [0.1, 0.15) is 0 Å². The van der Waals surface area contributed by atoms with Crippen LogP contribution in [0, 0.1) is 0 Å². The van der Waals surface area contributed by atoms with E-state index in [-0.39, 0.29) is 0 Å². The Bertz CT molecular complexity index is 194. The summed E-state index contributed by atoms with van der Waals surface area (Å²) in [5.74, 6) is 0.316. The minimum atomic E-state index is 0.316. The molecule has 1 aliphatic rings. The van der Waals surface area contributed by atoms with Crippen molar-refractivity contribution in [2.45, 2.75) is 39.0 Å². The van der Waals surface area contributed by atoms with Crippen molar-refractivity contribution < 1.29 is 4.79 Å². The molecule has 0 radical (unpaired) electrons. The molecular weight excluding hydrogens is 204 g/mol. The summed E-state index contributed by atoms with van der Waals surface area (Å²) in [5, 5.41) is 0. The predicted molar refractivity (Wildman–Crippen MR) is 49.7 cm³/mol. The first-order chi connectivity index (χ1) is 5.25. The lowest BCUT2D eigenvalue weighted by Crippen LogP contribution is -2.06. The van der Waals surface area contributed by atoms with Gasteiger partial charge in [-0.2, -0.15) is 0 Å². The van der Waals surface area contributed by atoms with Crippen molar-refractivity contribution in [2.75, 3.05) is 0 Å². The van der Waals surface area contributed by atoms with Gasteiger partial charge in [-0.15, -0.1) is 0 Å². The number of carbonyl (C=O) groups excluding carboxylic acids is 1. The van der Waals surface area contributed by atoms with Crippen LogP contribution in [0.2, 0.25) is 0 Å². The Balaban J connectivity index is 2.74. The maximum Gasteiger partial charge on any atom is 0.159 e. The number of halogens is 1. The van der Waals surface area contributed by atoms with Crippen molar-refractivity contribution in [3.8, 4) is 0 Å². The van der Waals surface area contributed by atoms with Crippen LogP contribution in [0.4, 0.5) is 0 Å². The first-order valence-electron chi connectivity index (χ1n) is 4.16. The van der Waals surface area contributed by atoms with Gasteiger partial charge in [0.05, 0.1) is 0 Å². The Morgan fingerprint density at radius 2 is 2.09 bits per heavy atom. The third-order valence-corrected chi connectivity index (χ3v) is 2.93. The molecule has 0 N–H and O–H groups in total. The predicted octanol–water partition coefficient (Wildman–Crippen LogP) is 3.19. The van der Waals surface area contributed by atoms with Crippen LogP contribution in [0.15, 0.2) is 10.1 Å². The Labute approximate surface area is 76.0 Å². The van der Waals surface area contributed by atoms with Gasteiger partial charge in [-0.1, -0.05) is 22.9 Å². The zero-order valence-electron chi connectivity index (χ0n) is 6.82. The molecule has 0 unspecified atom stereocenters. The summed E-state index contributed by atoms with van der Waals surface area (Å²) in [6.07, 6.45) is 5.08. The van der Waals surface area contributed by atoms with Crippen LogP contribution in [-0.4, -0.2) is 5.78 Å². The van der Waals surface area contributed by atoms with Gasteiger partial charge < -0.3 is 0 Å². The Morgan fingerprint density at radius 3 is 2.64 bits per heavy atom. The van der Waals surface area contributed by atoms with Crippen molar-refractivity contribution in [2.24, 2.45) is 0 Å². The summed E-state index contributed by atoms with van der Waals surface area (Å²) >= 11 is 3.45. The standard InChI is InChI=1S/C9H13BrO/c1-2-9(11)7-5-3-4-6-8(7)10/h2-6H2,1H3. The van der Waals surface area contributed by atoms with E-state index in [1.54, 1.807) is 0 Å². The highest BCUT2D eigenvalue weighted by Crippen LogP contribution is 2.29. The molecule has 62 valence electrons. The summed E-state index contributed by atoms with van der Waals surface area (Å²) in [5.41, 5.74) is 1.04. The van der Waals surface area contributed by atoms with Crippen LogP contribution in [0.1, 0.15) is 39.0 Å². The SMILES string of the molecule is CCC(=O)C1=C(Br)CCCC1. The minimum Gasteiger partial charge on any atom is -0.295 e. The van der Waals surface area contributed by atoms with Crippen molar-refractivity contribution in [3.05, 3.63) is 10.1 Å². The molecule has 0 aromatic heterocycles. The van der Waals surface area contributed by atoms with Gasteiger partial charge in [-0.3, -0.25) is 4.79 Å². The number of ketones is 1. The van der Waals surface area contributed by atoms with Crippen LogP contribution in [0.3, 0.4) is 0 Å². The maximum absolute atomic E-state index is 11.3. The lowest BCUT2D eigenvalue weighted by molar-refractivity contribution is -0.115. The minimum absolute atomic E-state index is 0.316. The molecule has 0 saturated heterocycles. The van der Waals surface area contributed by atoms with E-state index in [0.29, 0.717) is 12.2 Å². The highest BCUT2D eigenvalue weighted by atomic mass is 79.9. The van der Waals surface area contributed by atoms with Gasteiger partial charge >= 0.3 is 0 Å². The highest BCUT2D eigenvalue weighted by molar-refractivity contribution is 9.11. The van der Waals surface area contributed by atoms with Gasteiger partial charge in [-0.25, -0.2) is 0 Å². The molecule has 0 atom stereocenters. The molecule has 0 aromatic rings. The van der Waals surface area contributed by atoms with E-state index in [0.717, 1.165) is 22.9 Å². The van der Waals surface area contributed by atoms with Crippen LogP contribution >= 0.6 is 15.9 Å². The fourth-order valence-corrected chi connectivity index (χ4v) is 2.07. The fraction of sp³-hybridized carbons (Fsp3) is 0.667. The van der Waals surface area contributed by atoms with E-state index in [4.69, 9.17) is 0 Å². The number of Topliss-reactive ketones (excluding diaryl/α,β-unsaturated/α-hetero) is 1. The molecule has 0 spiro atoms. The molecule has 0 fully saturated rings. The monoisotopic (exact) mass is 216 g/mol. The fourth-order valence-electron chi connectivity index (χ4n) is 1.37. The zero-order valence-corrected chi connectivity index (χ0v) is 8.41. The van der Waals surface area contributed by atoms with Crippen molar-refractivity contribution in [1.82, 2.24) is 0 Å². The summed E-state index contributed by atoms with van der Waals surface area (Å²) in [6.45, 7) is 1.92. The molecule has 11 heavy (non-hydrogen) atoms. The van der Waals surface area contributed by atoms with Crippen LogP contribution in [0.25, 0.3) is 0 Å². The van der Waals surface area contributed by atoms with Crippen LogP contribution in [0.5, 0.6) is 0 Å². The molecule has 0 aromatic carbocycles. The van der Waals surface area contributed by atoms with Gasteiger partial charge in [0.25, 0.3) is 0 Å².